The van der Waals surface area contributed by atoms with Gasteiger partial charge in [-0.25, -0.2) is 8.42 Å². The van der Waals surface area contributed by atoms with Crippen molar-refractivity contribution in [3.05, 3.63) is 89.5 Å². The first-order chi connectivity index (χ1) is 19.5. The predicted octanol–water partition coefficient (Wildman–Crippen LogP) is 4.04. The Morgan fingerprint density at radius 1 is 0.951 bits per heavy atom. The molecule has 9 nitrogen and oxygen atoms in total. The first-order valence-corrected chi connectivity index (χ1v) is 15.5. The zero-order valence-corrected chi connectivity index (χ0v) is 24.7. The molecule has 0 spiro atoms. The highest BCUT2D eigenvalue weighted by Gasteiger charge is 2.33. The van der Waals surface area contributed by atoms with Gasteiger partial charge in [-0.15, -0.1) is 0 Å². The number of aryl methyl sites for hydroxylation is 1. The van der Waals surface area contributed by atoms with Crippen LogP contribution in [0.25, 0.3) is 0 Å². The molecule has 10 heteroatoms. The fraction of sp³-hybridized carbons (Fsp3) is 0.355. The zero-order valence-electron chi connectivity index (χ0n) is 23.9. The highest BCUT2D eigenvalue weighted by atomic mass is 32.2. The van der Waals surface area contributed by atoms with Gasteiger partial charge >= 0.3 is 0 Å². The number of nitrogens with one attached hydrogen (secondary N) is 1. The van der Waals surface area contributed by atoms with Crippen molar-refractivity contribution in [2.24, 2.45) is 0 Å². The van der Waals surface area contributed by atoms with Crippen LogP contribution in [0, 0.1) is 6.92 Å². The number of ether oxygens (including phenoxy) is 2. The Bertz CT molecular complexity index is 1480. The summed E-state index contributed by atoms with van der Waals surface area (Å²) in [5, 5.41) is 3.03. The Morgan fingerprint density at radius 2 is 1.66 bits per heavy atom. The van der Waals surface area contributed by atoms with Crippen molar-refractivity contribution in [2.45, 2.75) is 52.2 Å². The summed E-state index contributed by atoms with van der Waals surface area (Å²) in [6.45, 7) is 5.51. The molecule has 4 rings (SSSR count). The monoisotopic (exact) mass is 579 g/mol. The highest BCUT2D eigenvalue weighted by molar-refractivity contribution is 7.92. The number of fused-ring (bicyclic) bond motifs is 1. The molecule has 0 bridgehead atoms. The standard InChI is InChI=1S/C31H37N3O6S/c1-5-23(3)32-31(36)27(17-24-11-7-6-8-12-24)33(19-25-13-9-10-22(2)16-25)30(35)20-34(41(4,37)38)26-14-15-28-29(18-26)40-21-39-28/h6-16,18,23,27H,5,17,19-21H2,1-4H3,(H,32,36)/t23-,27+/m0/s1. The fourth-order valence-corrected chi connectivity index (χ4v) is 5.50. The van der Waals surface area contributed by atoms with Gasteiger partial charge in [0.1, 0.15) is 12.6 Å². The molecule has 1 N–H and O–H groups in total. The third-order valence-electron chi connectivity index (χ3n) is 7.03. The van der Waals surface area contributed by atoms with Gasteiger partial charge in [0.05, 0.1) is 11.9 Å². The van der Waals surface area contributed by atoms with E-state index in [0.29, 0.717) is 11.5 Å². The molecule has 2 atom stereocenters. The lowest BCUT2D eigenvalue weighted by molar-refractivity contribution is -0.140. The number of nitrogens with zero attached hydrogens (tertiary/aromatic N) is 2. The van der Waals surface area contributed by atoms with Crippen molar-refractivity contribution in [1.82, 2.24) is 10.2 Å². The van der Waals surface area contributed by atoms with Crippen LogP contribution >= 0.6 is 0 Å². The van der Waals surface area contributed by atoms with E-state index < -0.39 is 28.5 Å². The summed E-state index contributed by atoms with van der Waals surface area (Å²) in [6.07, 6.45) is 2.04. The van der Waals surface area contributed by atoms with E-state index in [-0.39, 0.29) is 37.4 Å². The molecule has 1 aliphatic rings. The van der Waals surface area contributed by atoms with Gasteiger partial charge < -0.3 is 19.7 Å². The maximum absolute atomic E-state index is 14.2. The summed E-state index contributed by atoms with van der Waals surface area (Å²) >= 11 is 0. The minimum atomic E-state index is -3.88. The van der Waals surface area contributed by atoms with E-state index in [4.69, 9.17) is 9.47 Å². The Labute approximate surface area is 242 Å². The third kappa shape index (κ3) is 7.79. The van der Waals surface area contributed by atoms with Crippen LogP contribution in [0.3, 0.4) is 0 Å². The molecular formula is C31H37N3O6S. The Hall–Kier alpha value is -4.05. The van der Waals surface area contributed by atoms with Crippen LogP contribution in [0.2, 0.25) is 0 Å². The molecule has 1 heterocycles. The predicted molar refractivity (Wildman–Crippen MR) is 158 cm³/mol. The summed E-state index contributed by atoms with van der Waals surface area (Å²) in [5.41, 5.74) is 3.00. The number of carbonyl (C=O) groups is 2. The van der Waals surface area contributed by atoms with Gasteiger partial charge in [0.2, 0.25) is 28.6 Å². The number of hydrogen-bond donors (Lipinski definition) is 1. The van der Waals surface area contributed by atoms with Gasteiger partial charge in [-0.3, -0.25) is 13.9 Å². The molecule has 0 saturated carbocycles. The van der Waals surface area contributed by atoms with Crippen LogP contribution in [0.5, 0.6) is 11.5 Å². The molecule has 0 radical (unpaired) electrons. The number of sulfonamides is 1. The third-order valence-corrected chi connectivity index (χ3v) is 8.17. The van der Waals surface area contributed by atoms with E-state index in [1.807, 2.05) is 75.4 Å². The number of rotatable bonds is 12. The largest absolute Gasteiger partial charge is 0.454 e. The van der Waals surface area contributed by atoms with Crippen molar-refractivity contribution in [3.63, 3.8) is 0 Å². The van der Waals surface area contributed by atoms with Crippen LogP contribution < -0.4 is 19.1 Å². The van der Waals surface area contributed by atoms with Crippen LogP contribution in [0.15, 0.2) is 72.8 Å². The smallest absolute Gasteiger partial charge is 0.244 e. The minimum absolute atomic E-state index is 0.0350. The molecule has 41 heavy (non-hydrogen) atoms. The first kappa shape index (κ1) is 29.9. The highest BCUT2D eigenvalue weighted by Crippen LogP contribution is 2.36. The fourth-order valence-electron chi connectivity index (χ4n) is 4.66. The van der Waals surface area contributed by atoms with Gasteiger partial charge in [0.15, 0.2) is 11.5 Å². The molecular weight excluding hydrogens is 542 g/mol. The Kier molecular flexibility index (Phi) is 9.54. The van der Waals surface area contributed by atoms with E-state index in [1.165, 1.54) is 4.90 Å². The number of anilines is 1. The van der Waals surface area contributed by atoms with Gasteiger partial charge in [-0.05, 0) is 43.5 Å². The number of amides is 2. The van der Waals surface area contributed by atoms with Crippen LogP contribution in [-0.4, -0.2) is 56.8 Å². The van der Waals surface area contributed by atoms with Crippen molar-refractivity contribution < 1.29 is 27.5 Å². The SMILES string of the molecule is CC[C@H](C)NC(=O)[C@@H](Cc1ccccc1)N(Cc1cccc(C)c1)C(=O)CN(c1ccc2c(c1)OCO2)S(C)(=O)=O. The second-order valence-electron chi connectivity index (χ2n) is 10.3. The van der Waals surface area contributed by atoms with Crippen molar-refractivity contribution in [2.75, 3.05) is 23.9 Å². The van der Waals surface area contributed by atoms with E-state index in [9.17, 15) is 18.0 Å². The summed E-state index contributed by atoms with van der Waals surface area (Å²) in [6, 6.07) is 20.9. The lowest BCUT2D eigenvalue weighted by atomic mass is 10.0. The normalized spacial score (nSPS) is 13.8. The quantitative estimate of drug-likeness (QED) is 0.347. The number of hydrogen-bond acceptors (Lipinski definition) is 6. The minimum Gasteiger partial charge on any atom is -0.454 e. The lowest BCUT2D eigenvalue weighted by Crippen LogP contribution is -2.54. The van der Waals surface area contributed by atoms with Crippen molar-refractivity contribution in [3.8, 4) is 11.5 Å². The second-order valence-corrected chi connectivity index (χ2v) is 12.2. The van der Waals surface area contributed by atoms with E-state index in [2.05, 4.69) is 5.32 Å². The summed E-state index contributed by atoms with van der Waals surface area (Å²) in [5.74, 6) is 0.0994. The van der Waals surface area contributed by atoms with Crippen LogP contribution in [0.4, 0.5) is 5.69 Å². The number of benzene rings is 3. The van der Waals surface area contributed by atoms with Gasteiger partial charge in [-0.2, -0.15) is 0 Å². The molecule has 1 aliphatic heterocycles. The summed E-state index contributed by atoms with van der Waals surface area (Å²) in [7, 11) is -3.88. The summed E-state index contributed by atoms with van der Waals surface area (Å²) in [4.78, 5) is 29.4. The van der Waals surface area contributed by atoms with E-state index in [1.54, 1.807) is 18.2 Å². The van der Waals surface area contributed by atoms with Crippen LogP contribution in [-0.2, 0) is 32.6 Å². The molecule has 3 aromatic carbocycles. The van der Waals surface area contributed by atoms with Gasteiger partial charge in [0, 0.05) is 25.1 Å². The molecule has 0 aromatic heterocycles. The van der Waals surface area contributed by atoms with Gasteiger partial charge in [0.25, 0.3) is 0 Å². The van der Waals surface area contributed by atoms with Crippen molar-refractivity contribution in [1.29, 1.82) is 0 Å². The molecule has 0 aliphatic carbocycles. The number of carbonyl (C=O) groups excluding carboxylic acids is 2. The van der Waals surface area contributed by atoms with Gasteiger partial charge in [-0.1, -0.05) is 67.1 Å². The van der Waals surface area contributed by atoms with E-state index in [0.717, 1.165) is 33.7 Å². The average molecular weight is 580 g/mol. The molecule has 0 unspecified atom stereocenters. The van der Waals surface area contributed by atoms with E-state index >= 15 is 0 Å². The molecule has 0 saturated heterocycles. The molecule has 3 aromatic rings. The molecule has 0 fully saturated rings. The Morgan fingerprint density at radius 3 is 2.34 bits per heavy atom. The lowest BCUT2D eigenvalue weighted by Gasteiger charge is -2.34. The Balaban J connectivity index is 1.73. The molecule has 218 valence electrons. The first-order valence-electron chi connectivity index (χ1n) is 13.6. The van der Waals surface area contributed by atoms with Crippen molar-refractivity contribution >= 4 is 27.5 Å². The average Bonchev–Trinajstić information content (AvgIpc) is 3.41. The van der Waals surface area contributed by atoms with Crippen LogP contribution in [0.1, 0.15) is 37.0 Å². The zero-order chi connectivity index (χ0) is 29.6. The summed E-state index contributed by atoms with van der Waals surface area (Å²) < 4.78 is 37.8. The maximum atomic E-state index is 14.2. The second kappa shape index (κ2) is 13.1. The maximum Gasteiger partial charge on any atom is 0.244 e. The molecule has 2 amide bonds. The topological polar surface area (TPSA) is 105 Å².